The Morgan fingerprint density at radius 1 is 1.20 bits per heavy atom. The van der Waals surface area contributed by atoms with E-state index in [9.17, 15) is 0 Å². The Kier molecular flexibility index (Phi) is 2.32. The lowest BCUT2D eigenvalue weighted by Crippen LogP contribution is -2.38. The van der Waals surface area contributed by atoms with Crippen LogP contribution < -0.4 is 0 Å². The monoisotopic (exact) mass is 144 g/mol. The molecule has 60 valence electrons. The first kappa shape index (κ1) is 8.02. The van der Waals surface area contributed by atoms with Gasteiger partial charge in [0.15, 0.2) is 0 Å². The molecule has 0 amide bonds. The highest BCUT2D eigenvalue weighted by atomic mass is 16.6. The SMILES string of the molecule is CC(C)(C)C1COCCO1. The summed E-state index contributed by atoms with van der Waals surface area (Å²) in [7, 11) is 0. The Morgan fingerprint density at radius 3 is 2.20 bits per heavy atom. The van der Waals surface area contributed by atoms with Crippen LogP contribution in [0.3, 0.4) is 0 Å². The second-order valence-electron chi connectivity index (χ2n) is 3.80. The van der Waals surface area contributed by atoms with Crippen LogP contribution >= 0.6 is 0 Å². The third-order valence-electron chi connectivity index (χ3n) is 1.78. The molecule has 1 fully saturated rings. The molecule has 2 nitrogen and oxygen atoms in total. The van der Waals surface area contributed by atoms with Crippen molar-refractivity contribution in [2.45, 2.75) is 26.9 Å². The van der Waals surface area contributed by atoms with Crippen LogP contribution in [-0.2, 0) is 9.47 Å². The third kappa shape index (κ3) is 1.96. The highest BCUT2D eigenvalue weighted by molar-refractivity contribution is 4.75. The average molecular weight is 144 g/mol. The van der Waals surface area contributed by atoms with E-state index in [2.05, 4.69) is 20.8 Å². The maximum absolute atomic E-state index is 5.52. The minimum Gasteiger partial charge on any atom is -0.376 e. The first-order valence-corrected chi connectivity index (χ1v) is 3.80. The van der Waals surface area contributed by atoms with Gasteiger partial charge in [-0.25, -0.2) is 0 Å². The molecule has 1 rings (SSSR count). The van der Waals surface area contributed by atoms with E-state index in [1.54, 1.807) is 0 Å². The Balaban J connectivity index is 2.39. The summed E-state index contributed by atoms with van der Waals surface area (Å²) in [5.74, 6) is 0. The summed E-state index contributed by atoms with van der Waals surface area (Å²) in [5.41, 5.74) is 0.223. The zero-order chi connectivity index (χ0) is 7.61. The van der Waals surface area contributed by atoms with Crippen molar-refractivity contribution >= 4 is 0 Å². The molecule has 0 aromatic heterocycles. The molecule has 0 spiro atoms. The van der Waals surface area contributed by atoms with Crippen LogP contribution in [0.4, 0.5) is 0 Å². The number of hydrogen-bond donors (Lipinski definition) is 0. The van der Waals surface area contributed by atoms with E-state index in [4.69, 9.17) is 9.47 Å². The molecule has 0 aromatic rings. The first-order valence-electron chi connectivity index (χ1n) is 3.80. The first-order chi connectivity index (χ1) is 4.61. The molecule has 0 aromatic carbocycles. The van der Waals surface area contributed by atoms with Crippen molar-refractivity contribution in [1.29, 1.82) is 0 Å². The molecule has 0 saturated carbocycles. The van der Waals surface area contributed by atoms with E-state index in [0.717, 1.165) is 19.8 Å². The van der Waals surface area contributed by atoms with Crippen LogP contribution in [0.1, 0.15) is 20.8 Å². The van der Waals surface area contributed by atoms with Gasteiger partial charge in [0, 0.05) is 0 Å². The van der Waals surface area contributed by atoms with Gasteiger partial charge in [0.2, 0.25) is 0 Å². The van der Waals surface area contributed by atoms with Crippen molar-refractivity contribution in [3.8, 4) is 0 Å². The van der Waals surface area contributed by atoms with Crippen molar-refractivity contribution in [2.75, 3.05) is 19.8 Å². The molecule has 0 bridgehead atoms. The van der Waals surface area contributed by atoms with Crippen LogP contribution in [0.15, 0.2) is 0 Å². The maximum Gasteiger partial charge on any atom is 0.0857 e. The van der Waals surface area contributed by atoms with Gasteiger partial charge in [-0.1, -0.05) is 20.8 Å². The van der Waals surface area contributed by atoms with Gasteiger partial charge in [0.1, 0.15) is 0 Å². The number of ether oxygens (including phenoxy) is 2. The summed E-state index contributed by atoms with van der Waals surface area (Å²) < 4.78 is 10.8. The molecular weight excluding hydrogens is 128 g/mol. The van der Waals surface area contributed by atoms with Crippen molar-refractivity contribution in [1.82, 2.24) is 0 Å². The van der Waals surface area contributed by atoms with Gasteiger partial charge in [-0.05, 0) is 5.41 Å². The average Bonchev–Trinajstić information content (AvgIpc) is 1.88. The summed E-state index contributed by atoms with van der Waals surface area (Å²) in [5, 5.41) is 0. The van der Waals surface area contributed by atoms with Crippen LogP contribution in [0.5, 0.6) is 0 Å². The van der Waals surface area contributed by atoms with Gasteiger partial charge in [0.25, 0.3) is 0 Å². The molecule has 1 heterocycles. The summed E-state index contributed by atoms with van der Waals surface area (Å²) in [6.07, 6.45) is 0.279. The molecule has 0 aliphatic carbocycles. The van der Waals surface area contributed by atoms with Gasteiger partial charge in [-0.15, -0.1) is 0 Å². The van der Waals surface area contributed by atoms with E-state index in [0.29, 0.717) is 0 Å². The standard InChI is InChI=1S/C8H16O2/c1-8(2,3)7-6-9-4-5-10-7/h7H,4-6H2,1-3H3. The molecule has 1 aliphatic rings. The molecule has 1 aliphatic heterocycles. The Bertz CT molecular complexity index is 98.3. The second-order valence-corrected chi connectivity index (χ2v) is 3.80. The van der Waals surface area contributed by atoms with E-state index < -0.39 is 0 Å². The van der Waals surface area contributed by atoms with Crippen LogP contribution in [-0.4, -0.2) is 25.9 Å². The zero-order valence-corrected chi connectivity index (χ0v) is 7.02. The van der Waals surface area contributed by atoms with Crippen molar-refractivity contribution in [3.05, 3.63) is 0 Å². The van der Waals surface area contributed by atoms with Crippen LogP contribution in [0.2, 0.25) is 0 Å². The van der Waals surface area contributed by atoms with Gasteiger partial charge >= 0.3 is 0 Å². The van der Waals surface area contributed by atoms with Crippen LogP contribution in [0.25, 0.3) is 0 Å². The molecule has 1 saturated heterocycles. The molecule has 10 heavy (non-hydrogen) atoms. The van der Waals surface area contributed by atoms with Crippen molar-refractivity contribution < 1.29 is 9.47 Å². The topological polar surface area (TPSA) is 18.5 Å². The molecular formula is C8H16O2. The summed E-state index contributed by atoms with van der Waals surface area (Å²) in [6, 6.07) is 0. The van der Waals surface area contributed by atoms with E-state index in [1.165, 1.54) is 0 Å². The molecule has 0 N–H and O–H groups in total. The van der Waals surface area contributed by atoms with E-state index in [-0.39, 0.29) is 11.5 Å². The normalized spacial score (nSPS) is 28.5. The lowest BCUT2D eigenvalue weighted by Gasteiger charge is -2.33. The van der Waals surface area contributed by atoms with Gasteiger partial charge in [0.05, 0.1) is 25.9 Å². The van der Waals surface area contributed by atoms with Gasteiger partial charge in [-0.3, -0.25) is 0 Å². The predicted molar refractivity (Wildman–Crippen MR) is 40.0 cm³/mol. The number of rotatable bonds is 0. The highest BCUT2D eigenvalue weighted by Gasteiger charge is 2.27. The van der Waals surface area contributed by atoms with E-state index in [1.807, 2.05) is 0 Å². The fourth-order valence-electron chi connectivity index (χ4n) is 0.988. The van der Waals surface area contributed by atoms with Gasteiger partial charge < -0.3 is 9.47 Å². The fourth-order valence-corrected chi connectivity index (χ4v) is 0.988. The summed E-state index contributed by atoms with van der Waals surface area (Å²) in [4.78, 5) is 0. The van der Waals surface area contributed by atoms with Crippen molar-refractivity contribution in [3.63, 3.8) is 0 Å². The molecule has 2 heteroatoms. The van der Waals surface area contributed by atoms with Gasteiger partial charge in [-0.2, -0.15) is 0 Å². The Morgan fingerprint density at radius 2 is 1.90 bits per heavy atom. The summed E-state index contributed by atoms with van der Waals surface area (Å²) >= 11 is 0. The quantitative estimate of drug-likeness (QED) is 0.512. The molecule has 1 atom stereocenters. The smallest absolute Gasteiger partial charge is 0.0857 e. The number of hydrogen-bond acceptors (Lipinski definition) is 2. The van der Waals surface area contributed by atoms with Crippen LogP contribution in [0, 0.1) is 5.41 Å². The largest absolute Gasteiger partial charge is 0.376 e. The summed E-state index contributed by atoms with van der Waals surface area (Å²) in [6.45, 7) is 8.78. The second kappa shape index (κ2) is 2.89. The highest BCUT2D eigenvalue weighted by Crippen LogP contribution is 2.23. The maximum atomic E-state index is 5.52. The minimum absolute atomic E-state index is 0.223. The molecule has 0 radical (unpaired) electrons. The Hall–Kier alpha value is -0.0800. The lowest BCUT2D eigenvalue weighted by atomic mass is 9.89. The van der Waals surface area contributed by atoms with Crippen molar-refractivity contribution in [2.24, 2.45) is 5.41 Å². The zero-order valence-electron chi connectivity index (χ0n) is 7.02. The predicted octanol–water partition coefficient (Wildman–Crippen LogP) is 1.45. The minimum atomic E-state index is 0.223. The Labute approximate surface area is 62.5 Å². The third-order valence-corrected chi connectivity index (χ3v) is 1.78. The van der Waals surface area contributed by atoms with E-state index >= 15 is 0 Å². The molecule has 1 unspecified atom stereocenters. The lowest BCUT2D eigenvalue weighted by molar-refractivity contribution is -0.128. The fraction of sp³-hybridized carbons (Fsp3) is 1.00.